The van der Waals surface area contributed by atoms with Crippen molar-refractivity contribution in [3.63, 3.8) is 0 Å². The number of para-hydroxylation sites is 2. The molecule has 0 radical (unpaired) electrons. The van der Waals surface area contributed by atoms with E-state index >= 15 is 0 Å². The molecule has 0 heterocycles. The number of aryl methyl sites for hydroxylation is 1. The summed E-state index contributed by atoms with van der Waals surface area (Å²) in [7, 11) is 0. The van der Waals surface area contributed by atoms with Crippen molar-refractivity contribution >= 4 is 11.6 Å². The van der Waals surface area contributed by atoms with E-state index in [2.05, 4.69) is 5.32 Å². The first-order chi connectivity index (χ1) is 9.86. The van der Waals surface area contributed by atoms with Crippen molar-refractivity contribution in [1.82, 2.24) is 0 Å². The van der Waals surface area contributed by atoms with Crippen molar-refractivity contribution in [1.29, 1.82) is 0 Å². The Hall–Kier alpha value is -2.29. The summed E-state index contributed by atoms with van der Waals surface area (Å²) < 4.78 is 5.86. The van der Waals surface area contributed by atoms with E-state index in [4.69, 9.17) is 4.74 Å². The number of nitrogens with one attached hydrogen (secondary N) is 1. The van der Waals surface area contributed by atoms with Gasteiger partial charge in [0.1, 0.15) is 5.75 Å². The zero-order chi connectivity index (χ0) is 15.5. The summed E-state index contributed by atoms with van der Waals surface area (Å²) in [6.07, 6.45) is 0. The summed E-state index contributed by atoms with van der Waals surface area (Å²) >= 11 is 0. The van der Waals surface area contributed by atoms with Gasteiger partial charge in [-0.1, -0.05) is 50.6 Å². The molecule has 1 amide bonds. The third-order valence-corrected chi connectivity index (χ3v) is 3.07. The summed E-state index contributed by atoms with van der Waals surface area (Å²) in [5.74, 6) is 1.35. The van der Waals surface area contributed by atoms with Crippen LogP contribution in [0.1, 0.15) is 26.3 Å². The Bertz CT molecular complexity index is 624. The van der Waals surface area contributed by atoms with Crippen molar-refractivity contribution in [2.75, 3.05) is 5.32 Å². The number of hydrogen-bond acceptors (Lipinski definition) is 2. The standard InChI is InChI=1S/C18H21NO2/c1-13-9-11-14(12-10-13)21-16-8-6-5-7-15(16)19-17(20)18(2,3)4/h5-12H,1-4H3,(H,19,20). The van der Waals surface area contributed by atoms with Gasteiger partial charge in [0.2, 0.25) is 5.91 Å². The van der Waals surface area contributed by atoms with E-state index in [9.17, 15) is 4.79 Å². The van der Waals surface area contributed by atoms with Gasteiger partial charge in [-0.3, -0.25) is 4.79 Å². The lowest BCUT2D eigenvalue weighted by Crippen LogP contribution is -2.27. The smallest absolute Gasteiger partial charge is 0.229 e. The minimum Gasteiger partial charge on any atom is -0.455 e. The van der Waals surface area contributed by atoms with Crippen LogP contribution >= 0.6 is 0 Å². The second-order valence-electron chi connectivity index (χ2n) is 6.12. The molecule has 0 aliphatic rings. The van der Waals surface area contributed by atoms with Gasteiger partial charge < -0.3 is 10.1 Å². The Morgan fingerprint density at radius 2 is 1.62 bits per heavy atom. The second-order valence-corrected chi connectivity index (χ2v) is 6.12. The van der Waals surface area contributed by atoms with Gasteiger partial charge in [-0.05, 0) is 31.2 Å². The van der Waals surface area contributed by atoms with Crippen molar-refractivity contribution < 1.29 is 9.53 Å². The average molecular weight is 283 g/mol. The van der Waals surface area contributed by atoms with Crippen molar-refractivity contribution in [2.24, 2.45) is 5.41 Å². The third-order valence-electron chi connectivity index (χ3n) is 3.07. The van der Waals surface area contributed by atoms with Gasteiger partial charge in [-0.25, -0.2) is 0 Å². The van der Waals surface area contributed by atoms with Crippen LogP contribution in [0.15, 0.2) is 48.5 Å². The van der Waals surface area contributed by atoms with Crippen LogP contribution < -0.4 is 10.1 Å². The molecule has 0 saturated carbocycles. The lowest BCUT2D eigenvalue weighted by atomic mass is 9.95. The Morgan fingerprint density at radius 3 is 2.24 bits per heavy atom. The van der Waals surface area contributed by atoms with Crippen LogP contribution in [0.5, 0.6) is 11.5 Å². The molecule has 0 unspecified atom stereocenters. The Morgan fingerprint density at radius 1 is 1.00 bits per heavy atom. The first kappa shape index (κ1) is 15.1. The van der Waals surface area contributed by atoms with Crippen LogP contribution in [0, 0.1) is 12.3 Å². The number of carbonyl (C=O) groups excluding carboxylic acids is 1. The number of carbonyl (C=O) groups is 1. The molecule has 2 aromatic rings. The van der Waals surface area contributed by atoms with Crippen LogP contribution in [0.25, 0.3) is 0 Å². The quantitative estimate of drug-likeness (QED) is 0.881. The molecule has 0 aliphatic carbocycles. The summed E-state index contributed by atoms with van der Waals surface area (Å²) in [5, 5.41) is 2.92. The molecule has 0 saturated heterocycles. The second kappa shape index (κ2) is 6.00. The lowest BCUT2D eigenvalue weighted by Gasteiger charge is -2.19. The van der Waals surface area contributed by atoms with E-state index < -0.39 is 5.41 Å². The van der Waals surface area contributed by atoms with E-state index in [1.165, 1.54) is 5.56 Å². The molecule has 110 valence electrons. The van der Waals surface area contributed by atoms with Crippen LogP contribution in [-0.2, 0) is 4.79 Å². The molecule has 0 aromatic heterocycles. The minimum atomic E-state index is -0.447. The molecule has 0 spiro atoms. The monoisotopic (exact) mass is 283 g/mol. The number of amides is 1. The summed E-state index contributed by atoms with van der Waals surface area (Å²) in [6.45, 7) is 7.67. The third kappa shape index (κ3) is 4.09. The van der Waals surface area contributed by atoms with Gasteiger partial charge in [0.25, 0.3) is 0 Å². The zero-order valence-corrected chi connectivity index (χ0v) is 12.9. The number of anilines is 1. The van der Waals surface area contributed by atoms with Crippen LogP contribution in [0.4, 0.5) is 5.69 Å². The van der Waals surface area contributed by atoms with Crippen molar-refractivity contribution in [3.8, 4) is 11.5 Å². The maximum absolute atomic E-state index is 12.1. The topological polar surface area (TPSA) is 38.3 Å². The summed E-state index contributed by atoms with van der Waals surface area (Å²) in [5.41, 5.74) is 1.41. The molecule has 0 atom stereocenters. The Kier molecular flexibility index (Phi) is 4.32. The highest BCUT2D eigenvalue weighted by atomic mass is 16.5. The molecule has 3 heteroatoms. The highest BCUT2D eigenvalue weighted by molar-refractivity contribution is 5.95. The van der Waals surface area contributed by atoms with Crippen LogP contribution in [0.3, 0.4) is 0 Å². The Labute approximate surface area is 126 Å². The van der Waals surface area contributed by atoms with Crippen molar-refractivity contribution in [3.05, 3.63) is 54.1 Å². The first-order valence-corrected chi connectivity index (χ1v) is 7.01. The minimum absolute atomic E-state index is 0.0394. The highest BCUT2D eigenvalue weighted by Gasteiger charge is 2.22. The molecule has 0 fully saturated rings. The number of rotatable bonds is 3. The number of benzene rings is 2. The average Bonchev–Trinajstić information content (AvgIpc) is 2.42. The molecule has 3 nitrogen and oxygen atoms in total. The molecular weight excluding hydrogens is 262 g/mol. The normalized spacial score (nSPS) is 11.0. The first-order valence-electron chi connectivity index (χ1n) is 7.01. The molecule has 0 aliphatic heterocycles. The van der Waals surface area contributed by atoms with Gasteiger partial charge in [-0.2, -0.15) is 0 Å². The van der Waals surface area contributed by atoms with Gasteiger partial charge >= 0.3 is 0 Å². The zero-order valence-electron chi connectivity index (χ0n) is 12.9. The maximum Gasteiger partial charge on any atom is 0.229 e. The van der Waals surface area contributed by atoms with E-state index in [1.54, 1.807) is 0 Å². The maximum atomic E-state index is 12.1. The van der Waals surface area contributed by atoms with Gasteiger partial charge in [-0.15, -0.1) is 0 Å². The SMILES string of the molecule is Cc1ccc(Oc2ccccc2NC(=O)C(C)(C)C)cc1. The van der Waals surface area contributed by atoms with E-state index in [-0.39, 0.29) is 5.91 Å². The number of ether oxygens (including phenoxy) is 1. The molecule has 2 rings (SSSR count). The lowest BCUT2D eigenvalue weighted by molar-refractivity contribution is -0.123. The fourth-order valence-corrected chi connectivity index (χ4v) is 1.70. The number of hydrogen-bond donors (Lipinski definition) is 1. The van der Waals surface area contributed by atoms with Gasteiger partial charge in [0.15, 0.2) is 5.75 Å². The molecule has 21 heavy (non-hydrogen) atoms. The Balaban J connectivity index is 2.21. The van der Waals surface area contributed by atoms with E-state index in [0.717, 1.165) is 5.75 Å². The van der Waals surface area contributed by atoms with Crippen LogP contribution in [-0.4, -0.2) is 5.91 Å². The summed E-state index contributed by atoms with van der Waals surface area (Å²) in [6, 6.07) is 15.3. The van der Waals surface area contributed by atoms with E-state index in [0.29, 0.717) is 11.4 Å². The largest absolute Gasteiger partial charge is 0.455 e. The predicted octanol–water partition coefficient (Wildman–Crippen LogP) is 4.77. The molecule has 0 bridgehead atoms. The highest BCUT2D eigenvalue weighted by Crippen LogP contribution is 2.30. The predicted molar refractivity (Wildman–Crippen MR) is 85.8 cm³/mol. The fraction of sp³-hybridized carbons (Fsp3) is 0.278. The fourth-order valence-electron chi connectivity index (χ4n) is 1.70. The van der Waals surface area contributed by atoms with Crippen molar-refractivity contribution in [2.45, 2.75) is 27.7 Å². The van der Waals surface area contributed by atoms with Crippen LogP contribution in [0.2, 0.25) is 0 Å². The molecule has 2 aromatic carbocycles. The van der Waals surface area contributed by atoms with Gasteiger partial charge in [0, 0.05) is 5.41 Å². The van der Waals surface area contributed by atoms with Gasteiger partial charge in [0.05, 0.1) is 5.69 Å². The molecular formula is C18H21NO2. The van der Waals surface area contributed by atoms with E-state index in [1.807, 2.05) is 76.2 Å². The molecule has 1 N–H and O–H groups in total. The summed E-state index contributed by atoms with van der Waals surface area (Å²) in [4.78, 5) is 12.1.